The van der Waals surface area contributed by atoms with Gasteiger partial charge in [-0.25, -0.2) is 5.48 Å². The Kier molecular flexibility index (Phi) is 7.29. The number of nitrogens with one attached hydrogen (secondary N) is 2. The first-order valence-electron chi connectivity index (χ1n) is 12.4. The van der Waals surface area contributed by atoms with Crippen LogP contribution in [0.1, 0.15) is 55.0 Å². The lowest BCUT2D eigenvalue weighted by molar-refractivity contribution is -0.158. The first-order chi connectivity index (χ1) is 17.5. The summed E-state index contributed by atoms with van der Waals surface area (Å²) in [5, 5.41) is 9.69. The van der Waals surface area contributed by atoms with Crippen LogP contribution in [0.5, 0.6) is 0 Å². The topological polar surface area (TPSA) is 106 Å². The minimum Gasteiger partial charge on any atom is -0.356 e. The predicted molar refractivity (Wildman–Crippen MR) is 143 cm³/mol. The third-order valence-electron chi connectivity index (χ3n) is 7.21. The SMILES string of the molecule is O=C(CCCCCCN1CC(=O)N2[C@@H](c3cccc(I)c3)c3[nH]c4ccccc4c3C[C@H]2C1=O)NO. The lowest BCUT2D eigenvalue weighted by Crippen LogP contribution is -2.63. The fraction of sp³-hybridized carbons (Fsp3) is 0.370. The number of piperazine rings is 1. The first kappa shape index (κ1) is 24.8. The van der Waals surface area contributed by atoms with E-state index < -0.39 is 6.04 Å². The lowest BCUT2D eigenvalue weighted by Gasteiger charge is -2.47. The van der Waals surface area contributed by atoms with E-state index in [4.69, 9.17) is 5.21 Å². The first-order valence-corrected chi connectivity index (χ1v) is 13.4. The van der Waals surface area contributed by atoms with Crippen LogP contribution < -0.4 is 5.48 Å². The smallest absolute Gasteiger partial charge is 0.246 e. The van der Waals surface area contributed by atoms with Crippen LogP contribution in [0.2, 0.25) is 0 Å². The highest BCUT2D eigenvalue weighted by atomic mass is 127. The van der Waals surface area contributed by atoms with E-state index in [1.807, 2.05) is 36.4 Å². The number of fused-ring (bicyclic) bond motifs is 4. The second-order valence-electron chi connectivity index (χ2n) is 9.50. The minimum absolute atomic E-state index is 0.000757. The van der Waals surface area contributed by atoms with Gasteiger partial charge in [-0.2, -0.15) is 0 Å². The zero-order chi connectivity index (χ0) is 25.2. The number of H-pyrrole nitrogens is 1. The van der Waals surface area contributed by atoms with Crippen LogP contribution in [0.3, 0.4) is 0 Å². The van der Waals surface area contributed by atoms with Crippen molar-refractivity contribution in [3.63, 3.8) is 0 Å². The Labute approximate surface area is 223 Å². The van der Waals surface area contributed by atoms with Gasteiger partial charge in [-0.05, 0) is 64.8 Å². The molecular weight excluding hydrogens is 571 g/mol. The van der Waals surface area contributed by atoms with E-state index in [0.29, 0.717) is 19.4 Å². The highest BCUT2D eigenvalue weighted by Crippen LogP contribution is 2.42. The largest absolute Gasteiger partial charge is 0.356 e. The third kappa shape index (κ3) is 4.73. The van der Waals surface area contributed by atoms with Crippen molar-refractivity contribution in [1.29, 1.82) is 0 Å². The molecule has 1 fully saturated rings. The summed E-state index contributed by atoms with van der Waals surface area (Å²) in [5.74, 6) is -0.420. The molecule has 36 heavy (non-hydrogen) atoms. The van der Waals surface area contributed by atoms with Gasteiger partial charge in [0.05, 0.1) is 12.6 Å². The third-order valence-corrected chi connectivity index (χ3v) is 7.88. The number of para-hydroxylation sites is 1. The average Bonchev–Trinajstić information content (AvgIpc) is 3.25. The molecule has 0 aliphatic carbocycles. The van der Waals surface area contributed by atoms with Crippen molar-refractivity contribution in [1.82, 2.24) is 20.3 Å². The molecule has 2 aliphatic heterocycles. The fourth-order valence-corrected chi connectivity index (χ4v) is 6.10. The summed E-state index contributed by atoms with van der Waals surface area (Å²) in [7, 11) is 0. The van der Waals surface area contributed by atoms with Gasteiger partial charge in [0, 0.05) is 39.6 Å². The number of benzene rings is 2. The number of carbonyl (C=O) groups excluding carboxylic acids is 3. The molecular formula is C27H29IN4O4. The molecule has 0 spiro atoms. The molecule has 3 amide bonds. The Bertz CT molecular complexity index is 1310. The number of aromatic amines is 1. The Hall–Kier alpha value is -2.92. The van der Waals surface area contributed by atoms with E-state index in [0.717, 1.165) is 50.6 Å². The number of hydrogen-bond donors (Lipinski definition) is 3. The van der Waals surface area contributed by atoms with Crippen LogP contribution in [-0.4, -0.2) is 56.8 Å². The van der Waals surface area contributed by atoms with Gasteiger partial charge >= 0.3 is 0 Å². The molecule has 2 aromatic carbocycles. The summed E-state index contributed by atoms with van der Waals surface area (Å²) >= 11 is 2.28. The number of hydroxylamine groups is 1. The molecule has 2 atom stereocenters. The lowest BCUT2D eigenvalue weighted by atomic mass is 9.86. The highest BCUT2D eigenvalue weighted by Gasteiger charge is 2.48. The van der Waals surface area contributed by atoms with Gasteiger partial charge in [0.25, 0.3) is 0 Å². The van der Waals surface area contributed by atoms with E-state index in [-0.39, 0.29) is 36.7 Å². The van der Waals surface area contributed by atoms with Gasteiger partial charge in [-0.3, -0.25) is 19.6 Å². The fourth-order valence-electron chi connectivity index (χ4n) is 5.53. The summed E-state index contributed by atoms with van der Waals surface area (Å²) in [6.45, 7) is 0.605. The van der Waals surface area contributed by atoms with Gasteiger partial charge in [0.15, 0.2) is 0 Å². The van der Waals surface area contributed by atoms with E-state index in [1.165, 1.54) is 0 Å². The summed E-state index contributed by atoms with van der Waals surface area (Å²) in [6, 6.07) is 15.4. The molecule has 3 N–H and O–H groups in total. The quantitative estimate of drug-likeness (QED) is 0.158. The molecule has 188 valence electrons. The van der Waals surface area contributed by atoms with Gasteiger partial charge in [-0.1, -0.05) is 43.2 Å². The maximum absolute atomic E-state index is 13.7. The Morgan fingerprint density at radius 3 is 2.69 bits per heavy atom. The molecule has 5 rings (SSSR count). The van der Waals surface area contributed by atoms with Crippen molar-refractivity contribution in [3.8, 4) is 0 Å². The van der Waals surface area contributed by atoms with Crippen LogP contribution in [0.15, 0.2) is 48.5 Å². The van der Waals surface area contributed by atoms with Crippen LogP contribution >= 0.6 is 22.6 Å². The molecule has 0 bridgehead atoms. The Balaban J connectivity index is 1.39. The molecule has 9 heteroatoms. The van der Waals surface area contributed by atoms with E-state index in [9.17, 15) is 14.4 Å². The Morgan fingerprint density at radius 1 is 1.08 bits per heavy atom. The molecule has 1 aromatic heterocycles. The second-order valence-corrected chi connectivity index (χ2v) is 10.7. The number of aromatic nitrogens is 1. The molecule has 2 aliphatic rings. The maximum atomic E-state index is 13.7. The number of hydrogen-bond acceptors (Lipinski definition) is 4. The molecule has 1 saturated heterocycles. The van der Waals surface area contributed by atoms with Crippen LogP contribution in [0.25, 0.3) is 10.9 Å². The van der Waals surface area contributed by atoms with Crippen molar-refractivity contribution in [2.45, 2.75) is 50.6 Å². The van der Waals surface area contributed by atoms with Crippen molar-refractivity contribution < 1.29 is 19.6 Å². The van der Waals surface area contributed by atoms with Gasteiger partial charge in [-0.15, -0.1) is 0 Å². The summed E-state index contributed by atoms with van der Waals surface area (Å²) in [4.78, 5) is 45.5. The van der Waals surface area contributed by atoms with Crippen molar-refractivity contribution in [2.75, 3.05) is 13.1 Å². The molecule has 0 unspecified atom stereocenters. The molecule has 0 radical (unpaired) electrons. The number of unbranched alkanes of at least 4 members (excludes halogenated alkanes) is 3. The number of nitrogens with zero attached hydrogens (tertiary/aromatic N) is 2. The predicted octanol–water partition coefficient (Wildman–Crippen LogP) is 3.91. The van der Waals surface area contributed by atoms with Crippen molar-refractivity contribution >= 4 is 51.2 Å². The average molecular weight is 600 g/mol. The Morgan fingerprint density at radius 2 is 1.89 bits per heavy atom. The van der Waals surface area contributed by atoms with Crippen LogP contribution in [-0.2, 0) is 20.8 Å². The monoisotopic (exact) mass is 600 g/mol. The number of carbonyl (C=O) groups is 3. The second kappa shape index (κ2) is 10.6. The molecule has 3 aromatic rings. The van der Waals surface area contributed by atoms with Crippen LogP contribution in [0, 0.1) is 3.57 Å². The molecule has 0 saturated carbocycles. The number of amides is 3. The number of halogens is 1. The zero-order valence-electron chi connectivity index (χ0n) is 19.9. The zero-order valence-corrected chi connectivity index (χ0v) is 22.0. The summed E-state index contributed by atoms with van der Waals surface area (Å²) in [5.41, 5.74) is 5.77. The van der Waals surface area contributed by atoms with Crippen molar-refractivity contribution in [3.05, 3.63) is 68.9 Å². The van der Waals surface area contributed by atoms with Gasteiger partial charge in [0.1, 0.15) is 6.04 Å². The van der Waals surface area contributed by atoms with Gasteiger partial charge < -0.3 is 14.8 Å². The maximum Gasteiger partial charge on any atom is 0.246 e. The van der Waals surface area contributed by atoms with Gasteiger partial charge in [0.2, 0.25) is 17.7 Å². The highest BCUT2D eigenvalue weighted by molar-refractivity contribution is 14.1. The summed E-state index contributed by atoms with van der Waals surface area (Å²) < 4.78 is 1.08. The molecule has 3 heterocycles. The van der Waals surface area contributed by atoms with Crippen LogP contribution in [0.4, 0.5) is 0 Å². The molecule has 8 nitrogen and oxygen atoms in total. The van der Waals surface area contributed by atoms with E-state index in [2.05, 4.69) is 39.7 Å². The number of rotatable bonds is 8. The van der Waals surface area contributed by atoms with E-state index >= 15 is 0 Å². The standard InChI is InChI=1S/C27H29IN4O4/c28-18-9-7-8-17(14-18)26-25-20(19-10-4-5-11-21(19)29-25)15-22-27(35)31(16-24(34)32(22)26)13-6-2-1-3-12-23(33)30-36/h4-5,7-11,14,22,26,29,36H,1-3,6,12-13,15-16H2,(H,30,33)/t22-,26-/m0/s1. The normalized spacial score (nSPS) is 19.4. The minimum atomic E-state index is -0.533. The van der Waals surface area contributed by atoms with Crippen molar-refractivity contribution in [2.24, 2.45) is 0 Å². The van der Waals surface area contributed by atoms with E-state index in [1.54, 1.807) is 15.3 Å². The summed E-state index contributed by atoms with van der Waals surface area (Å²) in [6.07, 6.45) is 3.90.